The molecule has 2 nitrogen and oxygen atoms in total. The zero-order valence-electron chi connectivity index (χ0n) is 12.7. The SMILES string of the molecule is CCCCCCCCC(=O)c1cccc(C(=O)C(Br)(Br)Br)c1. The van der Waals surface area contributed by atoms with Crippen molar-refractivity contribution in [2.75, 3.05) is 0 Å². The zero-order chi connectivity index (χ0) is 16.6. The summed E-state index contributed by atoms with van der Waals surface area (Å²) in [6, 6.07) is 6.90. The van der Waals surface area contributed by atoms with Crippen molar-refractivity contribution in [1.29, 1.82) is 0 Å². The fourth-order valence-corrected chi connectivity index (χ4v) is 2.89. The molecule has 122 valence electrons. The van der Waals surface area contributed by atoms with Gasteiger partial charge in [-0.3, -0.25) is 9.59 Å². The van der Waals surface area contributed by atoms with Gasteiger partial charge in [-0.05, 0) is 12.5 Å². The van der Waals surface area contributed by atoms with Crippen LogP contribution in [0.2, 0.25) is 0 Å². The van der Waals surface area contributed by atoms with Gasteiger partial charge in [0.25, 0.3) is 0 Å². The van der Waals surface area contributed by atoms with E-state index in [2.05, 4.69) is 54.7 Å². The summed E-state index contributed by atoms with van der Waals surface area (Å²) in [5, 5.41) is 0. The van der Waals surface area contributed by atoms with Crippen molar-refractivity contribution in [2.24, 2.45) is 0 Å². The number of rotatable bonds is 9. The zero-order valence-corrected chi connectivity index (χ0v) is 17.5. The van der Waals surface area contributed by atoms with Crippen LogP contribution in [0.15, 0.2) is 24.3 Å². The molecule has 0 amide bonds. The maximum Gasteiger partial charge on any atom is 0.201 e. The van der Waals surface area contributed by atoms with Crippen LogP contribution in [-0.4, -0.2) is 13.7 Å². The van der Waals surface area contributed by atoms with Crippen LogP contribution >= 0.6 is 47.8 Å². The van der Waals surface area contributed by atoms with E-state index in [4.69, 9.17) is 0 Å². The third-order valence-electron chi connectivity index (χ3n) is 3.46. The van der Waals surface area contributed by atoms with E-state index in [0.717, 1.165) is 12.8 Å². The molecule has 0 fully saturated rings. The Hall–Kier alpha value is -0.000000000000000111. The third-order valence-corrected chi connectivity index (χ3v) is 4.54. The molecule has 0 saturated heterocycles. The lowest BCUT2D eigenvalue weighted by molar-refractivity contribution is 0.0979. The molecule has 0 aliphatic heterocycles. The van der Waals surface area contributed by atoms with E-state index < -0.39 is 2.14 Å². The molecule has 0 aromatic heterocycles. The first kappa shape index (κ1) is 20.0. The molecule has 1 aromatic rings. The summed E-state index contributed by atoms with van der Waals surface area (Å²) in [6.07, 6.45) is 7.50. The average Bonchev–Trinajstić information content (AvgIpc) is 2.49. The molecule has 0 atom stereocenters. The number of benzene rings is 1. The molecule has 0 aliphatic carbocycles. The first-order valence-electron chi connectivity index (χ1n) is 7.61. The Kier molecular flexibility index (Phi) is 9.10. The molecule has 0 aliphatic rings. The summed E-state index contributed by atoms with van der Waals surface area (Å²) >= 11 is 9.64. The predicted molar refractivity (Wildman–Crippen MR) is 103 cm³/mol. The summed E-state index contributed by atoms with van der Waals surface area (Å²) in [7, 11) is 0. The molecule has 0 unspecified atom stereocenters. The average molecular weight is 497 g/mol. The topological polar surface area (TPSA) is 34.1 Å². The van der Waals surface area contributed by atoms with Gasteiger partial charge in [0.2, 0.25) is 5.78 Å². The second-order valence-corrected chi connectivity index (χ2v) is 12.1. The maximum atomic E-state index is 12.2. The second-order valence-electron chi connectivity index (χ2n) is 5.35. The summed E-state index contributed by atoms with van der Waals surface area (Å²) in [5.41, 5.74) is 1.11. The number of halogens is 3. The summed E-state index contributed by atoms with van der Waals surface area (Å²) in [6.45, 7) is 2.19. The van der Waals surface area contributed by atoms with Gasteiger partial charge in [-0.2, -0.15) is 0 Å². The van der Waals surface area contributed by atoms with Crippen LogP contribution < -0.4 is 0 Å². The van der Waals surface area contributed by atoms with Gasteiger partial charge in [-0.25, -0.2) is 0 Å². The highest BCUT2D eigenvalue weighted by Crippen LogP contribution is 2.37. The Morgan fingerprint density at radius 1 is 0.955 bits per heavy atom. The Bertz CT molecular complexity index is 507. The first-order chi connectivity index (χ1) is 10.4. The van der Waals surface area contributed by atoms with Gasteiger partial charge in [0.05, 0.1) is 0 Å². The highest BCUT2D eigenvalue weighted by Gasteiger charge is 2.29. The van der Waals surface area contributed by atoms with Crippen molar-refractivity contribution < 1.29 is 9.59 Å². The number of alkyl halides is 3. The molecular formula is C17H21Br3O2. The van der Waals surface area contributed by atoms with Crippen molar-refractivity contribution in [2.45, 2.75) is 54.0 Å². The second kappa shape index (κ2) is 9.99. The van der Waals surface area contributed by atoms with Crippen molar-refractivity contribution in [3.63, 3.8) is 0 Å². The lowest BCUT2D eigenvalue weighted by Gasteiger charge is -2.11. The van der Waals surface area contributed by atoms with Crippen molar-refractivity contribution in [3.8, 4) is 0 Å². The van der Waals surface area contributed by atoms with Crippen LogP contribution in [0.5, 0.6) is 0 Å². The van der Waals surface area contributed by atoms with Gasteiger partial charge in [-0.1, -0.05) is 105 Å². The quantitative estimate of drug-likeness (QED) is 0.218. The van der Waals surface area contributed by atoms with Crippen LogP contribution in [-0.2, 0) is 0 Å². The summed E-state index contributed by atoms with van der Waals surface area (Å²) < 4.78 is -0.978. The Morgan fingerprint density at radius 2 is 1.55 bits per heavy atom. The highest BCUT2D eigenvalue weighted by molar-refractivity contribution is 9.40. The molecule has 0 heterocycles. The van der Waals surface area contributed by atoms with Crippen LogP contribution in [0.1, 0.15) is 72.6 Å². The van der Waals surface area contributed by atoms with Crippen LogP contribution in [0.3, 0.4) is 0 Å². The lowest BCUT2D eigenvalue weighted by Crippen LogP contribution is -2.17. The normalized spacial score (nSPS) is 11.5. The predicted octanol–water partition coefficient (Wildman–Crippen LogP) is 6.64. The van der Waals surface area contributed by atoms with Gasteiger partial charge >= 0.3 is 0 Å². The lowest BCUT2D eigenvalue weighted by atomic mass is 10.0. The van der Waals surface area contributed by atoms with Gasteiger partial charge < -0.3 is 0 Å². The third kappa shape index (κ3) is 7.05. The maximum absolute atomic E-state index is 12.2. The molecular weight excluding hydrogens is 476 g/mol. The van der Waals surface area contributed by atoms with Gasteiger partial charge in [-0.15, -0.1) is 0 Å². The molecule has 1 aromatic carbocycles. The Morgan fingerprint density at radius 3 is 2.18 bits per heavy atom. The summed E-state index contributed by atoms with van der Waals surface area (Å²) in [5.74, 6) is -0.0591. The number of unbranched alkanes of at least 4 members (excludes halogenated alkanes) is 5. The van der Waals surface area contributed by atoms with Gasteiger partial charge in [0, 0.05) is 17.5 Å². The molecule has 1 rings (SSSR count). The molecule has 0 N–H and O–H groups in total. The Labute approximate surface area is 157 Å². The van der Waals surface area contributed by atoms with E-state index in [1.54, 1.807) is 24.3 Å². The number of hydrogen-bond acceptors (Lipinski definition) is 2. The number of Topliss-reactive ketones (excluding diaryl/α,β-unsaturated/α-hetero) is 2. The molecule has 0 radical (unpaired) electrons. The molecule has 22 heavy (non-hydrogen) atoms. The van der Waals surface area contributed by atoms with E-state index in [-0.39, 0.29) is 11.6 Å². The van der Waals surface area contributed by atoms with Crippen molar-refractivity contribution >= 4 is 59.4 Å². The van der Waals surface area contributed by atoms with E-state index in [1.165, 1.54) is 25.7 Å². The van der Waals surface area contributed by atoms with Crippen molar-refractivity contribution in [3.05, 3.63) is 35.4 Å². The largest absolute Gasteiger partial charge is 0.294 e. The minimum Gasteiger partial charge on any atom is -0.294 e. The van der Waals surface area contributed by atoms with E-state index in [9.17, 15) is 9.59 Å². The molecule has 5 heteroatoms. The minimum absolute atomic E-state index is 0.106. The number of ketones is 2. The van der Waals surface area contributed by atoms with Crippen LogP contribution in [0, 0.1) is 0 Å². The van der Waals surface area contributed by atoms with Gasteiger partial charge in [0.1, 0.15) is 0 Å². The number of carbonyl (C=O) groups excluding carboxylic acids is 2. The number of carbonyl (C=O) groups is 2. The van der Waals surface area contributed by atoms with Crippen molar-refractivity contribution in [1.82, 2.24) is 0 Å². The molecule has 0 bridgehead atoms. The standard InChI is InChI=1S/C17H21Br3O2/c1-2-3-4-5-6-7-11-15(21)13-9-8-10-14(12-13)16(22)17(18,19)20/h8-10,12H,2-7,11H2,1H3. The molecule has 0 spiro atoms. The summed E-state index contributed by atoms with van der Waals surface area (Å²) in [4.78, 5) is 24.4. The van der Waals surface area contributed by atoms with Crippen LogP contribution in [0.4, 0.5) is 0 Å². The fraction of sp³-hybridized carbons (Fsp3) is 0.529. The van der Waals surface area contributed by atoms with E-state index in [0.29, 0.717) is 17.5 Å². The fourth-order valence-electron chi connectivity index (χ4n) is 2.21. The van der Waals surface area contributed by atoms with E-state index in [1.807, 2.05) is 0 Å². The van der Waals surface area contributed by atoms with E-state index >= 15 is 0 Å². The first-order valence-corrected chi connectivity index (χ1v) is 9.99. The smallest absolute Gasteiger partial charge is 0.201 e. The van der Waals surface area contributed by atoms with Gasteiger partial charge in [0.15, 0.2) is 7.93 Å². The number of hydrogen-bond donors (Lipinski definition) is 0. The van der Waals surface area contributed by atoms with Crippen LogP contribution in [0.25, 0.3) is 0 Å². The minimum atomic E-state index is -0.978. The Balaban J connectivity index is 2.55. The monoisotopic (exact) mass is 494 g/mol. The molecule has 0 saturated carbocycles. The highest BCUT2D eigenvalue weighted by atomic mass is 80.0.